The number of hydrogen-bond acceptors (Lipinski definition) is 3. The largest absolute Gasteiger partial charge is 0.377 e. The minimum atomic E-state index is 0.215. The molecular weight excluding hydrogens is 260 g/mol. The molecule has 0 heterocycles. The van der Waals surface area contributed by atoms with Crippen LogP contribution in [0.25, 0.3) is 10.8 Å². The fourth-order valence-electron chi connectivity index (χ4n) is 2.67. The number of nitrogens with zero attached hydrogens (tertiary/aromatic N) is 1. The van der Waals surface area contributed by atoms with Gasteiger partial charge in [-0.1, -0.05) is 42.5 Å². The average molecular weight is 286 g/mol. The zero-order chi connectivity index (χ0) is 15.2. The average Bonchev–Trinajstić information content (AvgIpc) is 2.48. The fourth-order valence-corrected chi connectivity index (χ4v) is 2.67. The molecule has 0 amide bonds. The number of ether oxygens (including phenoxy) is 1. The minimum Gasteiger partial charge on any atom is -0.377 e. The molecule has 21 heavy (non-hydrogen) atoms. The molecule has 2 rings (SSSR count). The number of rotatable bonds is 7. The van der Waals surface area contributed by atoms with Gasteiger partial charge in [-0.3, -0.25) is 4.90 Å². The van der Waals surface area contributed by atoms with Crippen LogP contribution in [0, 0.1) is 0 Å². The normalized spacial score (nSPS) is 13.2. The third kappa shape index (κ3) is 4.03. The molecule has 0 aromatic heterocycles. The van der Waals surface area contributed by atoms with E-state index in [1.165, 1.54) is 16.3 Å². The first kappa shape index (κ1) is 16.0. The van der Waals surface area contributed by atoms with Gasteiger partial charge in [0.05, 0.1) is 12.7 Å². The van der Waals surface area contributed by atoms with Gasteiger partial charge in [-0.2, -0.15) is 0 Å². The lowest BCUT2D eigenvalue weighted by Gasteiger charge is -2.28. The van der Waals surface area contributed by atoms with Crippen molar-refractivity contribution in [1.82, 2.24) is 4.90 Å². The van der Waals surface area contributed by atoms with Crippen molar-refractivity contribution in [2.45, 2.75) is 26.0 Å². The molecule has 2 N–H and O–H groups in total. The van der Waals surface area contributed by atoms with Gasteiger partial charge in [0, 0.05) is 19.1 Å². The molecule has 0 spiro atoms. The third-order valence-corrected chi connectivity index (χ3v) is 3.83. The molecule has 0 aliphatic rings. The SMILES string of the molecule is CC(C)OCCN(C)C(CN)c1cccc2ccccc12. The Hall–Kier alpha value is -1.42. The molecule has 0 fully saturated rings. The summed E-state index contributed by atoms with van der Waals surface area (Å²) < 4.78 is 5.65. The van der Waals surface area contributed by atoms with Gasteiger partial charge in [-0.05, 0) is 37.2 Å². The molecule has 0 bridgehead atoms. The molecule has 0 aliphatic carbocycles. The van der Waals surface area contributed by atoms with E-state index in [1.807, 2.05) is 0 Å². The first-order valence-corrected chi connectivity index (χ1v) is 7.63. The second-order valence-corrected chi connectivity index (χ2v) is 5.72. The lowest BCUT2D eigenvalue weighted by atomic mass is 9.98. The molecule has 3 nitrogen and oxygen atoms in total. The van der Waals surface area contributed by atoms with Crippen LogP contribution in [-0.2, 0) is 4.74 Å². The molecule has 0 radical (unpaired) electrons. The van der Waals surface area contributed by atoms with E-state index >= 15 is 0 Å². The second kappa shape index (κ2) is 7.55. The van der Waals surface area contributed by atoms with Crippen molar-refractivity contribution in [2.24, 2.45) is 5.73 Å². The topological polar surface area (TPSA) is 38.5 Å². The minimum absolute atomic E-state index is 0.215. The monoisotopic (exact) mass is 286 g/mol. The van der Waals surface area contributed by atoms with E-state index in [-0.39, 0.29) is 12.1 Å². The molecule has 1 unspecified atom stereocenters. The highest BCUT2D eigenvalue weighted by atomic mass is 16.5. The lowest BCUT2D eigenvalue weighted by molar-refractivity contribution is 0.0565. The Balaban J connectivity index is 2.19. The maximum atomic E-state index is 6.05. The smallest absolute Gasteiger partial charge is 0.0597 e. The highest BCUT2D eigenvalue weighted by Crippen LogP contribution is 2.26. The van der Waals surface area contributed by atoms with Crippen LogP contribution < -0.4 is 5.73 Å². The van der Waals surface area contributed by atoms with Crippen LogP contribution in [-0.4, -0.2) is 37.7 Å². The summed E-state index contributed by atoms with van der Waals surface area (Å²) in [6.07, 6.45) is 0.271. The summed E-state index contributed by atoms with van der Waals surface area (Å²) in [7, 11) is 2.11. The first-order chi connectivity index (χ1) is 10.1. The predicted molar refractivity (Wildman–Crippen MR) is 89.5 cm³/mol. The van der Waals surface area contributed by atoms with Crippen LogP contribution in [0.3, 0.4) is 0 Å². The van der Waals surface area contributed by atoms with Crippen molar-refractivity contribution in [3.63, 3.8) is 0 Å². The van der Waals surface area contributed by atoms with Gasteiger partial charge in [0.15, 0.2) is 0 Å². The summed E-state index contributed by atoms with van der Waals surface area (Å²) in [5.41, 5.74) is 7.34. The van der Waals surface area contributed by atoms with Gasteiger partial charge in [0.1, 0.15) is 0 Å². The van der Waals surface area contributed by atoms with Gasteiger partial charge in [-0.15, -0.1) is 0 Å². The van der Waals surface area contributed by atoms with Crippen LogP contribution in [0.15, 0.2) is 42.5 Å². The van der Waals surface area contributed by atoms with Gasteiger partial charge in [-0.25, -0.2) is 0 Å². The zero-order valence-corrected chi connectivity index (χ0v) is 13.3. The standard InChI is InChI=1S/C18H26N2O/c1-14(2)21-12-11-20(3)18(13-19)17-10-6-8-15-7-4-5-9-16(15)17/h4-10,14,18H,11-13,19H2,1-3H3. The fraction of sp³-hybridized carbons (Fsp3) is 0.444. The van der Waals surface area contributed by atoms with Crippen LogP contribution in [0.4, 0.5) is 0 Å². The molecule has 2 aromatic rings. The summed E-state index contributed by atoms with van der Waals surface area (Å²) in [4.78, 5) is 2.28. The van der Waals surface area contributed by atoms with Crippen LogP contribution >= 0.6 is 0 Å². The summed E-state index contributed by atoms with van der Waals surface area (Å²) in [5.74, 6) is 0. The maximum absolute atomic E-state index is 6.05. The predicted octanol–water partition coefficient (Wildman–Crippen LogP) is 3.20. The Morgan fingerprint density at radius 2 is 1.81 bits per heavy atom. The van der Waals surface area contributed by atoms with E-state index in [9.17, 15) is 0 Å². The molecule has 114 valence electrons. The van der Waals surface area contributed by atoms with E-state index in [0.29, 0.717) is 6.54 Å². The van der Waals surface area contributed by atoms with Crippen molar-refractivity contribution >= 4 is 10.8 Å². The van der Waals surface area contributed by atoms with Crippen LogP contribution in [0.2, 0.25) is 0 Å². The van der Waals surface area contributed by atoms with Crippen molar-refractivity contribution in [3.05, 3.63) is 48.0 Å². The summed E-state index contributed by atoms with van der Waals surface area (Å²) in [6.45, 7) is 6.33. The number of hydrogen-bond donors (Lipinski definition) is 1. The van der Waals surface area contributed by atoms with E-state index in [1.54, 1.807) is 0 Å². The molecule has 0 aliphatic heterocycles. The Kier molecular flexibility index (Phi) is 5.74. The van der Waals surface area contributed by atoms with E-state index in [4.69, 9.17) is 10.5 Å². The number of fused-ring (bicyclic) bond motifs is 1. The van der Waals surface area contributed by atoms with Crippen molar-refractivity contribution in [1.29, 1.82) is 0 Å². The quantitative estimate of drug-likeness (QED) is 0.849. The van der Waals surface area contributed by atoms with Gasteiger partial charge in [0.2, 0.25) is 0 Å². The number of benzene rings is 2. The van der Waals surface area contributed by atoms with Crippen molar-refractivity contribution in [2.75, 3.05) is 26.7 Å². The molecular formula is C18H26N2O. The second-order valence-electron chi connectivity index (χ2n) is 5.72. The lowest BCUT2D eigenvalue weighted by Crippen LogP contribution is -2.33. The van der Waals surface area contributed by atoms with Gasteiger partial charge >= 0.3 is 0 Å². The van der Waals surface area contributed by atoms with Crippen molar-refractivity contribution < 1.29 is 4.74 Å². The Bertz CT molecular complexity index is 563. The number of likely N-dealkylation sites (N-methyl/N-ethyl adjacent to an activating group) is 1. The number of nitrogens with two attached hydrogens (primary N) is 1. The highest BCUT2D eigenvalue weighted by Gasteiger charge is 2.17. The van der Waals surface area contributed by atoms with Crippen LogP contribution in [0.1, 0.15) is 25.5 Å². The molecule has 0 saturated heterocycles. The molecule has 2 aromatic carbocycles. The van der Waals surface area contributed by atoms with Gasteiger partial charge in [0.25, 0.3) is 0 Å². The summed E-state index contributed by atoms with van der Waals surface area (Å²) in [6, 6.07) is 15.1. The summed E-state index contributed by atoms with van der Waals surface area (Å²) in [5, 5.41) is 2.55. The Morgan fingerprint density at radius 3 is 2.52 bits per heavy atom. The molecule has 0 saturated carbocycles. The van der Waals surface area contributed by atoms with Crippen molar-refractivity contribution in [3.8, 4) is 0 Å². The highest BCUT2D eigenvalue weighted by molar-refractivity contribution is 5.86. The van der Waals surface area contributed by atoms with Gasteiger partial charge < -0.3 is 10.5 Å². The van der Waals surface area contributed by atoms with E-state index < -0.39 is 0 Å². The zero-order valence-electron chi connectivity index (χ0n) is 13.3. The molecule has 1 atom stereocenters. The first-order valence-electron chi connectivity index (χ1n) is 7.63. The third-order valence-electron chi connectivity index (χ3n) is 3.83. The Labute approximate surface area is 127 Å². The summed E-state index contributed by atoms with van der Waals surface area (Å²) >= 11 is 0. The maximum Gasteiger partial charge on any atom is 0.0597 e. The van der Waals surface area contributed by atoms with E-state index in [2.05, 4.69) is 68.3 Å². The van der Waals surface area contributed by atoms with Crippen LogP contribution in [0.5, 0.6) is 0 Å². The van der Waals surface area contributed by atoms with E-state index in [0.717, 1.165) is 13.2 Å². The molecule has 3 heteroatoms. The Morgan fingerprint density at radius 1 is 1.10 bits per heavy atom.